The fraction of sp³-hybridized carbons (Fsp3) is 0.400. The summed E-state index contributed by atoms with van der Waals surface area (Å²) in [6.45, 7) is 1.26. The first-order valence-electron chi connectivity index (χ1n) is 4.60. The minimum atomic E-state index is -0.513. The molecule has 0 saturated carbocycles. The van der Waals surface area contributed by atoms with Crippen LogP contribution in [0, 0.1) is 6.92 Å². The van der Waals surface area contributed by atoms with Crippen molar-refractivity contribution in [2.75, 3.05) is 19.0 Å². The number of hydrogen-bond donors (Lipinski definition) is 1. The minimum absolute atomic E-state index is 0.0730. The number of esters is 1. The van der Waals surface area contributed by atoms with E-state index in [9.17, 15) is 9.18 Å². The molecule has 1 heterocycles. The summed E-state index contributed by atoms with van der Waals surface area (Å²) in [4.78, 5) is 15.4. The number of nitrogen functional groups attached to an aromatic ring is 1. The molecule has 0 aliphatic heterocycles. The van der Waals surface area contributed by atoms with Gasteiger partial charge in [-0.2, -0.15) is 0 Å². The molecular formula is C10H13FN2O2. The van der Waals surface area contributed by atoms with E-state index in [1.165, 1.54) is 12.3 Å². The molecule has 1 aromatic heterocycles. The van der Waals surface area contributed by atoms with E-state index in [0.29, 0.717) is 16.9 Å². The van der Waals surface area contributed by atoms with Gasteiger partial charge in [0.2, 0.25) is 0 Å². The number of aryl methyl sites for hydroxylation is 1. The third kappa shape index (κ3) is 3.19. The van der Waals surface area contributed by atoms with Crippen LogP contribution in [0.15, 0.2) is 12.3 Å². The Bertz CT molecular complexity index is 355. The van der Waals surface area contributed by atoms with Crippen molar-refractivity contribution < 1.29 is 13.9 Å². The van der Waals surface area contributed by atoms with Gasteiger partial charge in [-0.15, -0.1) is 0 Å². The highest BCUT2D eigenvalue weighted by Gasteiger charge is 2.11. The number of nitrogens with two attached hydrogens (primary N) is 1. The minimum Gasteiger partial charge on any atom is -0.462 e. The molecular weight excluding hydrogens is 199 g/mol. The molecule has 0 radical (unpaired) electrons. The predicted octanol–water partition coefficient (Wildman–Crippen LogP) is 1.49. The van der Waals surface area contributed by atoms with Crippen LogP contribution in [0.3, 0.4) is 0 Å². The van der Waals surface area contributed by atoms with Gasteiger partial charge in [-0.25, -0.2) is 4.79 Å². The SMILES string of the molecule is Cc1ncc(N)cc1C(=O)OCCCF. The molecule has 0 bridgehead atoms. The molecule has 5 heteroatoms. The summed E-state index contributed by atoms with van der Waals surface area (Å²) in [5, 5.41) is 0. The average molecular weight is 212 g/mol. The lowest BCUT2D eigenvalue weighted by atomic mass is 10.2. The Hall–Kier alpha value is -1.65. The number of halogens is 1. The first-order valence-corrected chi connectivity index (χ1v) is 4.60. The number of anilines is 1. The topological polar surface area (TPSA) is 65.2 Å². The Labute approximate surface area is 87.3 Å². The van der Waals surface area contributed by atoms with Gasteiger partial charge in [-0.3, -0.25) is 9.37 Å². The second-order valence-electron chi connectivity index (χ2n) is 3.08. The van der Waals surface area contributed by atoms with Crippen molar-refractivity contribution in [1.29, 1.82) is 0 Å². The third-order valence-corrected chi connectivity index (χ3v) is 1.84. The van der Waals surface area contributed by atoms with Crippen LogP contribution in [0.4, 0.5) is 10.1 Å². The van der Waals surface area contributed by atoms with E-state index in [0.717, 1.165) is 0 Å². The largest absolute Gasteiger partial charge is 0.462 e. The van der Waals surface area contributed by atoms with E-state index >= 15 is 0 Å². The van der Waals surface area contributed by atoms with Gasteiger partial charge in [0, 0.05) is 6.42 Å². The predicted molar refractivity (Wildman–Crippen MR) is 54.3 cm³/mol. The number of hydrogen-bond acceptors (Lipinski definition) is 4. The lowest BCUT2D eigenvalue weighted by Gasteiger charge is -2.06. The van der Waals surface area contributed by atoms with Gasteiger partial charge in [-0.1, -0.05) is 0 Å². The van der Waals surface area contributed by atoms with Crippen LogP contribution in [0.25, 0.3) is 0 Å². The second kappa shape index (κ2) is 5.29. The van der Waals surface area contributed by atoms with Crippen LogP contribution < -0.4 is 5.73 Å². The van der Waals surface area contributed by atoms with Gasteiger partial charge < -0.3 is 10.5 Å². The molecule has 0 aromatic carbocycles. The third-order valence-electron chi connectivity index (χ3n) is 1.84. The van der Waals surface area contributed by atoms with E-state index in [1.807, 2.05) is 0 Å². The molecule has 0 saturated heterocycles. The van der Waals surface area contributed by atoms with Crippen molar-refractivity contribution in [3.8, 4) is 0 Å². The Morgan fingerprint density at radius 1 is 1.67 bits per heavy atom. The summed E-state index contributed by atoms with van der Waals surface area (Å²) in [6.07, 6.45) is 1.67. The van der Waals surface area contributed by atoms with Gasteiger partial charge in [0.25, 0.3) is 0 Å². The van der Waals surface area contributed by atoms with Gasteiger partial charge in [0.15, 0.2) is 0 Å². The molecule has 0 aliphatic rings. The number of pyridine rings is 1. The summed E-state index contributed by atoms with van der Waals surface area (Å²) >= 11 is 0. The fourth-order valence-electron chi connectivity index (χ4n) is 1.05. The van der Waals surface area contributed by atoms with Crippen LogP contribution in [-0.2, 0) is 4.74 Å². The van der Waals surface area contributed by atoms with E-state index in [-0.39, 0.29) is 13.0 Å². The lowest BCUT2D eigenvalue weighted by molar-refractivity contribution is 0.0493. The summed E-state index contributed by atoms with van der Waals surface area (Å²) in [6, 6.07) is 1.50. The zero-order chi connectivity index (χ0) is 11.3. The van der Waals surface area contributed by atoms with Crippen LogP contribution in [-0.4, -0.2) is 24.2 Å². The van der Waals surface area contributed by atoms with Crippen molar-refractivity contribution in [2.45, 2.75) is 13.3 Å². The molecule has 2 N–H and O–H groups in total. The van der Waals surface area contributed by atoms with Crippen molar-refractivity contribution in [2.24, 2.45) is 0 Å². The molecule has 0 unspecified atom stereocenters. The van der Waals surface area contributed by atoms with E-state index in [1.54, 1.807) is 6.92 Å². The first-order chi connectivity index (χ1) is 7.15. The second-order valence-corrected chi connectivity index (χ2v) is 3.08. The van der Waals surface area contributed by atoms with Crippen LogP contribution >= 0.6 is 0 Å². The van der Waals surface area contributed by atoms with Crippen LogP contribution in [0.2, 0.25) is 0 Å². The average Bonchev–Trinajstić information content (AvgIpc) is 2.22. The van der Waals surface area contributed by atoms with Crippen molar-refractivity contribution >= 4 is 11.7 Å². The molecule has 0 fully saturated rings. The zero-order valence-corrected chi connectivity index (χ0v) is 8.50. The maximum absolute atomic E-state index is 11.8. The molecule has 1 rings (SSSR count). The number of aromatic nitrogens is 1. The molecule has 0 spiro atoms. The number of carbonyl (C=O) groups is 1. The standard InChI is InChI=1S/C10H13FN2O2/c1-7-9(5-8(12)6-13-7)10(14)15-4-2-3-11/h5-6H,2-4,12H2,1H3. The smallest absolute Gasteiger partial charge is 0.340 e. The number of nitrogens with zero attached hydrogens (tertiary/aromatic N) is 1. The van der Waals surface area contributed by atoms with Crippen molar-refractivity contribution in [3.63, 3.8) is 0 Å². The van der Waals surface area contributed by atoms with Gasteiger partial charge in [0.1, 0.15) is 0 Å². The van der Waals surface area contributed by atoms with Gasteiger partial charge >= 0.3 is 5.97 Å². The molecule has 1 aromatic rings. The van der Waals surface area contributed by atoms with E-state index in [4.69, 9.17) is 10.5 Å². The molecule has 15 heavy (non-hydrogen) atoms. The molecule has 0 aliphatic carbocycles. The van der Waals surface area contributed by atoms with Crippen LogP contribution in [0.1, 0.15) is 22.5 Å². The van der Waals surface area contributed by atoms with Gasteiger partial charge in [-0.05, 0) is 13.0 Å². The number of carbonyl (C=O) groups excluding carboxylic acids is 1. The summed E-state index contributed by atoms with van der Waals surface area (Å²) in [5.74, 6) is -0.513. The molecule has 0 amide bonds. The summed E-state index contributed by atoms with van der Waals surface area (Å²) in [5.41, 5.74) is 6.77. The summed E-state index contributed by atoms with van der Waals surface area (Å²) in [7, 11) is 0. The Kier molecular flexibility index (Phi) is 4.03. The lowest BCUT2D eigenvalue weighted by Crippen LogP contribution is -2.10. The number of rotatable bonds is 4. The number of alkyl halides is 1. The van der Waals surface area contributed by atoms with Crippen LogP contribution in [0.5, 0.6) is 0 Å². The highest BCUT2D eigenvalue weighted by atomic mass is 19.1. The monoisotopic (exact) mass is 212 g/mol. The maximum atomic E-state index is 11.8. The van der Waals surface area contributed by atoms with E-state index < -0.39 is 12.6 Å². The highest BCUT2D eigenvalue weighted by Crippen LogP contribution is 2.10. The van der Waals surface area contributed by atoms with E-state index in [2.05, 4.69) is 4.98 Å². The Balaban J connectivity index is 2.68. The summed E-state index contributed by atoms with van der Waals surface area (Å²) < 4.78 is 16.6. The molecule has 0 atom stereocenters. The maximum Gasteiger partial charge on any atom is 0.340 e. The van der Waals surface area contributed by atoms with Crippen molar-refractivity contribution in [1.82, 2.24) is 4.98 Å². The Morgan fingerprint density at radius 3 is 3.07 bits per heavy atom. The van der Waals surface area contributed by atoms with Crippen molar-refractivity contribution in [3.05, 3.63) is 23.5 Å². The first kappa shape index (κ1) is 11.4. The molecule has 82 valence electrons. The van der Waals surface area contributed by atoms with Gasteiger partial charge in [0.05, 0.1) is 36.4 Å². The fourth-order valence-corrected chi connectivity index (χ4v) is 1.05. The number of ether oxygens (including phenoxy) is 1. The highest BCUT2D eigenvalue weighted by molar-refractivity contribution is 5.91. The quantitative estimate of drug-likeness (QED) is 0.606. The Morgan fingerprint density at radius 2 is 2.40 bits per heavy atom. The molecule has 4 nitrogen and oxygen atoms in total. The zero-order valence-electron chi connectivity index (χ0n) is 8.50. The normalized spacial score (nSPS) is 10.0.